The predicted octanol–water partition coefficient (Wildman–Crippen LogP) is 4.47. The number of nitrogens with zero attached hydrogens (tertiary/aromatic N) is 1. The summed E-state index contributed by atoms with van der Waals surface area (Å²) >= 11 is 3.34. The summed E-state index contributed by atoms with van der Waals surface area (Å²) < 4.78 is 6.10. The molecule has 3 aromatic rings. The number of amides is 2. The summed E-state index contributed by atoms with van der Waals surface area (Å²) in [5.41, 5.74) is 4.80. The molecule has 33 heavy (non-hydrogen) atoms. The van der Waals surface area contributed by atoms with E-state index in [1.54, 1.807) is 36.4 Å². The maximum Gasteiger partial charge on any atom is 0.336 e. The topological polar surface area (TPSA) is 96.9 Å². The van der Waals surface area contributed by atoms with Crippen molar-refractivity contribution in [2.75, 3.05) is 5.32 Å². The van der Waals surface area contributed by atoms with Gasteiger partial charge in [-0.3, -0.25) is 9.59 Å². The van der Waals surface area contributed by atoms with E-state index < -0.39 is 17.8 Å². The zero-order valence-electron chi connectivity index (χ0n) is 17.6. The van der Waals surface area contributed by atoms with Crippen LogP contribution in [0.5, 0.6) is 5.75 Å². The fourth-order valence-corrected chi connectivity index (χ4v) is 3.07. The lowest BCUT2D eigenvalue weighted by molar-refractivity contribution is -0.136. The molecule has 2 N–H and O–H groups in total. The van der Waals surface area contributed by atoms with Gasteiger partial charge < -0.3 is 10.1 Å². The van der Waals surface area contributed by atoms with Crippen molar-refractivity contribution in [3.63, 3.8) is 0 Å². The molecule has 3 rings (SSSR count). The molecule has 0 saturated carbocycles. The summed E-state index contributed by atoms with van der Waals surface area (Å²) in [6.45, 7) is 1.82. The molecule has 0 aliphatic heterocycles. The van der Waals surface area contributed by atoms with Crippen molar-refractivity contribution >= 4 is 51.7 Å². The molecule has 0 saturated heterocycles. The standard InChI is InChI=1S/C25H20BrN3O4/c1-17-7-5-6-10-21(17)28-24(31)25(32)29-27-16-19-15-20(26)12-13-22(19)33-23(30)14-11-18-8-3-2-4-9-18/h2-16H,1H3,(H,28,31)(H,29,32). The van der Waals surface area contributed by atoms with E-state index in [2.05, 4.69) is 31.8 Å². The van der Waals surface area contributed by atoms with Crippen molar-refractivity contribution in [2.45, 2.75) is 6.92 Å². The lowest BCUT2D eigenvalue weighted by Crippen LogP contribution is -2.32. The fourth-order valence-electron chi connectivity index (χ4n) is 2.69. The van der Waals surface area contributed by atoms with Gasteiger partial charge in [0.1, 0.15) is 5.75 Å². The molecule has 0 heterocycles. The van der Waals surface area contributed by atoms with Gasteiger partial charge in [-0.25, -0.2) is 10.2 Å². The predicted molar refractivity (Wildman–Crippen MR) is 131 cm³/mol. The van der Waals surface area contributed by atoms with Crippen LogP contribution in [0.1, 0.15) is 16.7 Å². The van der Waals surface area contributed by atoms with E-state index in [1.807, 2.05) is 49.4 Å². The van der Waals surface area contributed by atoms with E-state index in [1.165, 1.54) is 12.3 Å². The Morgan fingerprint density at radius 2 is 1.67 bits per heavy atom. The Hall–Kier alpha value is -4.04. The monoisotopic (exact) mass is 505 g/mol. The number of hydrogen-bond donors (Lipinski definition) is 2. The fraction of sp³-hybridized carbons (Fsp3) is 0.0400. The van der Waals surface area contributed by atoms with E-state index in [0.717, 1.165) is 11.1 Å². The van der Waals surface area contributed by atoms with Crippen LogP contribution in [0, 0.1) is 6.92 Å². The van der Waals surface area contributed by atoms with Crippen molar-refractivity contribution in [1.29, 1.82) is 0 Å². The van der Waals surface area contributed by atoms with Crippen LogP contribution in [0.15, 0.2) is 88.4 Å². The Morgan fingerprint density at radius 1 is 0.939 bits per heavy atom. The summed E-state index contributed by atoms with van der Waals surface area (Å²) in [6.07, 6.45) is 4.24. The van der Waals surface area contributed by atoms with Gasteiger partial charge in [-0.2, -0.15) is 5.10 Å². The lowest BCUT2D eigenvalue weighted by atomic mass is 10.2. The highest BCUT2D eigenvalue weighted by molar-refractivity contribution is 9.10. The van der Waals surface area contributed by atoms with Gasteiger partial charge in [-0.05, 0) is 48.4 Å². The van der Waals surface area contributed by atoms with Crippen LogP contribution in [-0.4, -0.2) is 24.0 Å². The summed E-state index contributed by atoms with van der Waals surface area (Å²) in [5, 5.41) is 6.34. The van der Waals surface area contributed by atoms with Crippen LogP contribution in [-0.2, 0) is 14.4 Å². The van der Waals surface area contributed by atoms with Crippen molar-refractivity contribution in [3.8, 4) is 5.75 Å². The highest BCUT2D eigenvalue weighted by Crippen LogP contribution is 2.22. The molecule has 0 spiro atoms. The molecule has 0 atom stereocenters. The van der Waals surface area contributed by atoms with Crippen LogP contribution < -0.4 is 15.5 Å². The Balaban J connectivity index is 1.63. The van der Waals surface area contributed by atoms with Gasteiger partial charge in [0.25, 0.3) is 0 Å². The third kappa shape index (κ3) is 7.26. The van der Waals surface area contributed by atoms with Crippen LogP contribution >= 0.6 is 15.9 Å². The molecule has 8 heteroatoms. The number of nitrogens with one attached hydrogen (secondary N) is 2. The summed E-state index contributed by atoms with van der Waals surface area (Å²) in [7, 11) is 0. The summed E-state index contributed by atoms with van der Waals surface area (Å²) in [5.74, 6) is -2.12. The molecule has 0 aliphatic carbocycles. The molecule has 0 radical (unpaired) electrons. The minimum atomic E-state index is -0.936. The largest absolute Gasteiger partial charge is 0.423 e. The van der Waals surface area contributed by atoms with E-state index in [-0.39, 0.29) is 5.75 Å². The van der Waals surface area contributed by atoms with E-state index in [4.69, 9.17) is 4.74 Å². The third-order valence-electron chi connectivity index (χ3n) is 4.36. The van der Waals surface area contributed by atoms with Gasteiger partial charge >= 0.3 is 17.8 Å². The van der Waals surface area contributed by atoms with Crippen molar-refractivity contribution < 1.29 is 19.1 Å². The SMILES string of the molecule is Cc1ccccc1NC(=O)C(=O)NN=Cc1cc(Br)ccc1OC(=O)C=Cc1ccccc1. The van der Waals surface area contributed by atoms with Crippen LogP contribution in [0.2, 0.25) is 0 Å². The second kappa shape index (κ2) is 11.5. The van der Waals surface area contributed by atoms with Crippen molar-refractivity contribution in [3.05, 3.63) is 100 Å². The first-order chi connectivity index (χ1) is 15.9. The number of benzene rings is 3. The number of aryl methyl sites for hydroxylation is 1. The molecule has 2 amide bonds. The van der Waals surface area contributed by atoms with Gasteiger partial charge in [-0.1, -0.05) is 64.5 Å². The molecule has 0 fully saturated rings. The molecule has 0 bridgehead atoms. The first-order valence-corrected chi connectivity index (χ1v) is 10.7. The molecular weight excluding hydrogens is 486 g/mol. The molecular formula is C25H20BrN3O4. The van der Waals surface area contributed by atoms with E-state index >= 15 is 0 Å². The number of halogens is 1. The van der Waals surface area contributed by atoms with Crippen molar-refractivity contribution in [2.24, 2.45) is 5.10 Å². The summed E-state index contributed by atoms with van der Waals surface area (Å²) in [6, 6.07) is 21.4. The smallest absolute Gasteiger partial charge is 0.336 e. The number of para-hydroxylation sites is 1. The van der Waals surface area contributed by atoms with E-state index in [9.17, 15) is 14.4 Å². The first kappa shape index (κ1) is 23.6. The number of ether oxygens (including phenoxy) is 1. The number of carbonyl (C=O) groups is 3. The molecule has 3 aromatic carbocycles. The number of esters is 1. The number of anilines is 1. The summed E-state index contributed by atoms with van der Waals surface area (Å²) in [4.78, 5) is 36.3. The van der Waals surface area contributed by atoms with Gasteiger partial charge in [0.05, 0.1) is 6.21 Å². The first-order valence-electron chi connectivity index (χ1n) is 9.87. The molecule has 0 aromatic heterocycles. The average molecular weight is 506 g/mol. The zero-order valence-corrected chi connectivity index (χ0v) is 19.2. The van der Waals surface area contributed by atoms with Crippen molar-refractivity contribution in [1.82, 2.24) is 5.43 Å². The highest BCUT2D eigenvalue weighted by Gasteiger charge is 2.14. The number of hydrazone groups is 1. The maximum atomic E-state index is 12.2. The van der Waals surface area contributed by atoms with Gasteiger partial charge in [0.2, 0.25) is 0 Å². The minimum absolute atomic E-state index is 0.239. The Kier molecular flexibility index (Phi) is 8.26. The lowest BCUT2D eigenvalue weighted by Gasteiger charge is -2.07. The maximum absolute atomic E-state index is 12.2. The molecule has 0 unspecified atom stereocenters. The Morgan fingerprint density at radius 3 is 2.42 bits per heavy atom. The van der Waals surface area contributed by atoms with Gasteiger partial charge in [0.15, 0.2) is 0 Å². The number of hydrogen-bond acceptors (Lipinski definition) is 5. The van der Waals surface area contributed by atoms with Crippen LogP contribution in [0.4, 0.5) is 5.69 Å². The van der Waals surface area contributed by atoms with Gasteiger partial charge in [0, 0.05) is 21.8 Å². The minimum Gasteiger partial charge on any atom is -0.423 e. The molecule has 166 valence electrons. The Bertz CT molecular complexity index is 1220. The van der Waals surface area contributed by atoms with Crippen LogP contribution in [0.25, 0.3) is 6.08 Å². The van der Waals surface area contributed by atoms with Crippen LogP contribution in [0.3, 0.4) is 0 Å². The second-order valence-electron chi connectivity index (χ2n) is 6.82. The number of carbonyl (C=O) groups excluding carboxylic acids is 3. The quantitative estimate of drug-likeness (QED) is 0.129. The zero-order chi connectivity index (χ0) is 23.6. The normalized spacial score (nSPS) is 10.8. The third-order valence-corrected chi connectivity index (χ3v) is 4.86. The van der Waals surface area contributed by atoms with Gasteiger partial charge in [-0.15, -0.1) is 0 Å². The van der Waals surface area contributed by atoms with E-state index in [0.29, 0.717) is 15.7 Å². The molecule has 7 nitrogen and oxygen atoms in total. The Labute approximate surface area is 199 Å². The molecule has 0 aliphatic rings. The average Bonchev–Trinajstić information content (AvgIpc) is 2.81. The number of rotatable bonds is 6. The second-order valence-corrected chi connectivity index (χ2v) is 7.73. The highest BCUT2D eigenvalue weighted by atomic mass is 79.9.